The van der Waals surface area contributed by atoms with E-state index in [-0.39, 0.29) is 18.1 Å². The third-order valence-corrected chi connectivity index (χ3v) is 5.79. The monoisotopic (exact) mass is 368 g/mol. The van der Waals surface area contributed by atoms with E-state index in [1.807, 2.05) is 6.92 Å². The van der Waals surface area contributed by atoms with E-state index in [2.05, 4.69) is 0 Å². The number of rotatable bonds is 6. The van der Waals surface area contributed by atoms with Crippen molar-refractivity contribution >= 4 is 27.7 Å². The molecule has 24 heavy (non-hydrogen) atoms. The highest BCUT2D eigenvalue weighted by molar-refractivity contribution is 7.86. The highest BCUT2D eigenvalue weighted by atomic mass is 32.2. The zero-order chi connectivity index (χ0) is 17.2. The SMILES string of the molecule is Cc1ccc(S(=O)(=O)OCC2COC(c3ccc(C=O)s3)O2)cc1. The Morgan fingerprint density at radius 2 is 2.00 bits per heavy atom. The average Bonchev–Trinajstić information content (AvgIpc) is 3.22. The molecule has 0 bridgehead atoms. The molecule has 6 nitrogen and oxygen atoms in total. The summed E-state index contributed by atoms with van der Waals surface area (Å²) in [4.78, 5) is 12.2. The minimum Gasteiger partial charge on any atom is -0.345 e. The van der Waals surface area contributed by atoms with Gasteiger partial charge in [-0.15, -0.1) is 11.3 Å². The smallest absolute Gasteiger partial charge is 0.297 e. The molecular formula is C16H16O6S2. The van der Waals surface area contributed by atoms with Crippen molar-refractivity contribution in [3.05, 3.63) is 51.7 Å². The normalized spacial score (nSPS) is 21.0. The lowest BCUT2D eigenvalue weighted by Crippen LogP contribution is -2.21. The van der Waals surface area contributed by atoms with E-state index in [0.717, 1.165) is 16.7 Å². The molecule has 3 rings (SSSR count). The minimum atomic E-state index is -3.83. The summed E-state index contributed by atoms with van der Waals surface area (Å²) < 4.78 is 40.5. The number of aldehydes is 1. The topological polar surface area (TPSA) is 78.9 Å². The summed E-state index contributed by atoms with van der Waals surface area (Å²) in [6.45, 7) is 1.97. The van der Waals surface area contributed by atoms with Gasteiger partial charge in [0.15, 0.2) is 12.6 Å². The fourth-order valence-electron chi connectivity index (χ4n) is 2.18. The van der Waals surface area contributed by atoms with Crippen molar-refractivity contribution in [2.75, 3.05) is 13.2 Å². The largest absolute Gasteiger partial charge is 0.345 e. The molecule has 2 aromatic rings. The van der Waals surface area contributed by atoms with Crippen LogP contribution in [0.15, 0.2) is 41.3 Å². The summed E-state index contributed by atoms with van der Waals surface area (Å²) in [5.74, 6) is 0. The molecular weight excluding hydrogens is 352 g/mol. The van der Waals surface area contributed by atoms with Gasteiger partial charge < -0.3 is 9.47 Å². The second kappa shape index (κ2) is 7.12. The molecule has 0 saturated carbocycles. The summed E-state index contributed by atoms with van der Waals surface area (Å²) in [6.07, 6.45) is -0.325. The summed E-state index contributed by atoms with van der Waals surface area (Å²) in [6, 6.07) is 9.88. The van der Waals surface area contributed by atoms with E-state index in [4.69, 9.17) is 13.7 Å². The second-order valence-corrected chi connectivity index (χ2v) is 8.10. The molecule has 0 amide bonds. The molecule has 2 unspecified atom stereocenters. The maximum absolute atomic E-state index is 12.1. The molecule has 1 aromatic heterocycles. The van der Waals surface area contributed by atoms with E-state index in [1.165, 1.54) is 23.5 Å². The van der Waals surface area contributed by atoms with Crippen LogP contribution >= 0.6 is 11.3 Å². The van der Waals surface area contributed by atoms with Crippen LogP contribution in [0.3, 0.4) is 0 Å². The Morgan fingerprint density at radius 1 is 1.25 bits per heavy atom. The van der Waals surface area contributed by atoms with Gasteiger partial charge in [0.05, 0.1) is 27.9 Å². The quantitative estimate of drug-likeness (QED) is 0.576. The number of thiophene rings is 1. The molecule has 128 valence electrons. The Bertz CT molecular complexity index is 809. The Morgan fingerprint density at radius 3 is 2.67 bits per heavy atom. The van der Waals surface area contributed by atoms with Crippen LogP contribution in [0.1, 0.15) is 26.4 Å². The van der Waals surface area contributed by atoms with Gasteiger partial charge in [-0.2, -0.15) is 8.42 Å². The number of ether oxygens (including phenoxy) is 2. The molecule has 2 atom stereocenters. The number of hydrogen-bond acceptors (Lipinski definition) is 7. The highest BCUT2D eigenvalue weighted by Gasteiger charge is 2.30. The van der Waals surface area contributed by atoms with Gasteiger partial charge in [-0.25, -0.2) is 0 Å². The van der Waals surface area contributed by atoms with Gasteiger partial charge in [0.25, 0.3) is 10.1 Å². The van der Waals surface area contributed by atoms with Crippen molar-refractivity contribution in [1.29, 1.82) is 0 Å². The molecule has 2 heterocycles. The first kappa shape index (κ1) is 17.2. The Hall–Kier alpha value is -1.58. The van der Waals surface area contributed by atoms with Gasteiger partial charge in [0.1, 0.15) is 6.10 Å². The molecule has 8 heteroatoms. The van der Waals surface area contributed by atoms with E-state index >= 15 is 0 Å². The van der Waals surface area contributed by atoms with E-state index in [1.54, 1.807) is 24.3 Å². The van der Waals surface area contributed by atoms with Crippen LogP contribution in [-0.4, -0.2) is 34.0 Å². The summed E-state index contributed by atoms with van der Waals surface area (Å²) >= 11 is 1.28. The first-order chi connectivity index (χ1) is 11.5. The van der Waals surface area contributed by atoms with E-state index < -0.39 is 22.5 Å². The standard InChI is InChI=1S/C16H16O6S2/c1-11-2-5-14(6-3-11)24(18,19)21-10-12-9-20-16(22-12)15-7-4-13(8-17)23-15/h2-8,12,16H,9-10H2,1H3. The van der Waals surface area contributed by atoms with Crippen molar-refractivity contribution < 1.29 is 26.9 Å². The molecule has 0 aliphatic carbocycles. The van der Waals surface area contributed by atoms with Crippen LogP contribution < -0.4 is 0 Å². The van der Waals surface area contributed by atoms with Gasteiger partial charge in [-0.05, 0) is 31.2 Å². The van der Waals surface area contributed by atoms with Gasteiger partial charge in [0.2, 0.25) is 0 Å². The number of carbonyl (C=O) groups excluding carboxylic acids is 1. The summed E-state index contributed by atoms with van der Waals surface area (Å²) in [5.41, 5.74) is 0.968. The van der Waals surface area contributed by atoms with Gasteiger partial charge in [-0.1, -0.05) is 17.7 Å². The Labute approximate surface area is 144 Å². The molecule has 1 aromatic carbocycles. The zero-order valence-electron chi connectivity index (χ0n) is 12.9. The van der Waals surface area contributed by atoms with Crippen LogP contribution in [0.5, 0.6) is 0 Å². The van der Waals surface area contributed by atoms with Crippen LogP contribution in [0.4, 0.5) is 0 Å². The number of aryl methyl sites for hydroxylation is 1. The molecule has 1 saturated heterocycles. The van der Waals surface area contributed by atoms with Crippen LogP contribution in [0, 0.1) is 6.92 Å². The van der Waals surface area contributed by atoms with Crippen molar-refractivity contribution in [2.24, 2.45) is 0 Å². The fourth-order valence-corrected chi connectivity index (χ4v) is 3.93. The minimum absolute atomic E-state index is 0.109. The van der Waals surface area contributed by atoms with Gasteiger partial charge in [0, 0.05) is 0 Å². The molecule has 0 spiro atoms. The average molecular weight is 368 g/mol. The maximum Gasteiger partial charge on any atom is 0.297 e. The molecule has 1 aliphatic heterocycles. The van der Waals surface area contributed by atoms with E-state index in [9.17, 15) is 13.2 Å². The first-order valence-electron chi connectivity index (χ1n) is 7.26. The summed E-state index contributed by atoms with van der Waals surface area (Å²) in [7, 11) is -3.83. The Kier molecular flexibility index (Phi) is 5.12. The second-order valence-electron chi connectivity index (χ2n) is 5.33. The fraction of sp³-hybridized carbons (Fsp3) is 0.312. The molecule has 0 radical (unpaired) electrons. The Balaban J connectivity index is 1.57. The predicted molar refractivity (Wildman–Crippen MR) is 87.6 cm³/mol. The lowest BCUT2D eigenvalue weighted by molar-refractivity contribution is -0.0631. The highest BCUT2D eigenvalue weighted by Crippen LogP contribution is 2.32. The first-order valence-corrected chi connectivity index (χ1v) is 9.48. The number of hydrogen-bond donors (Lipinski definition) is 0. The van der Waals surface area contributed by atoms with Gasteiger partial charge >= 0.3 is 0 Å². The number of carbonyl (C=O) groups is 1. The zero-order valence-corrected chi connectivity index (χ0v) is 14.5. The molecule has 1 aliphatic rings. The van der Waals surface area contributed by atoms with Crippen molar-refractivity contribution in [1.82, 2.24) is 0 Å². The predicted octanol–water partition coefficient (Wildman–Crippen LogP) is 2.69. The third-order valence-electron chi connectivity index (χ3n) is 3.46. The van der Waals surface area contributed by atoms with Gasteiger partial charge in [-0.3, -0.25) is 8.98 Å². The third kappa shape index (κ3) is 3.90. The van der Waals surface area contributed by atoms with Crippen LogP contribution in [-0.2, 0) is 23.8 Å². The molecule has 1 fully saturated rings. The van der Waals surface area contributed by atoms with Crippen LogP contribution in [0.25, 0.3) is 0 Å². The van der Waals surface area contributed by atoms with E-state index in [0.29, 0.717) is 4.88 Å². The lowest BCUT2D eigenvalue weighted by atomic mass is 10.2. The van der Waals surface area contributed by atoms with Crippen LogP contribution in [0.2, 0.25) is 0 Å². The molecule has 0 N–H and O–H groups in total. The maximum atomic E-state index is 12.1. The van der Waals surface area contributed by atoms with Crippen molar-refractivity contribution in [3.8, 4) is 0 Å². The van der Waals surface area contributed by atoms with Crippen molar-refractivity contribution in [3.63, 3.8) is 0 Å². The lowest BCUT2D eigenvalue weighted by Gasteiger charge is -2.11. The number of benzene rings is 1. The van der Waals surface area contributed by atoms with Crippen molar-refractivity contribution in [2.45, 2.75) is 24.2 Å². The summed E-state index contributed by atoms with van der Waals surface area (Å²) in [5, 5.41) is 0.